The number of benzene rings is 2. The number of aryl methyl sites for hydroxylation is 3. The second kappa shape index (κ2) is 8.49. The van der Waals surface area contributed by atoms with Crippen LogP contribution in [0.15, 0.2) is 47.1 Å². The number of carbonyl (C=O) groups is 1. The molecule has 1 heterocycles. The zero-order valence-corrected chi connectivity index (χ0v) is 15.8. The first-order valence-electron chi connectivity index (χ1n) is 9.04. The maximum atomic E-state index is 12.3. The second-order valence-electron chi connectivity index (χ2n) is 6.31. The van der Waals surface area contributed by atoms with Crippen molar-refractivity contribution in [2.75, 3.05) is 11.9 Å². The van der Waals surface area contributed by atoms with E-state index in [9.17, 15) is 4.79 Å². The highest BCUT2D eigenvalue weighted by Crippen LogP contribution is 2.29. The zero-order valence-electron chi connectivity index (χ0n) is 15.8. The molecule has 0 radical (unpaired) electrons. The van der Waals surface area contributed by atoms with E-state index in [1.165, 1.54) is 5.56 Å². The van der Waals surface area contributed by atoms with Crippen molar-refractivity contribution in [1.82, 2.24) is 10.3 Å². The molecule has 0 aliphatic rings. The Balaban J connectivity index is 1.74. The number of aromatic nitrogens is 2. The van der Waals surface area contributed by atoms with E-state index in [0.29, 0.717) is 17.3 Å². The number of amides is 1. The first-order valence-corrected chi connectivity index (χ1v) is 9.04. The van der Waals surface area contributed by atoms with Crippen molar-refractivity contribution in [2.45, 2.75) is 33.6 Å². The van der Waals surface area contributed by atoms with Crippen molar-refractivity contribution in [3.8, 4) is 17.0 Å². The third kappa shape index (κ3) is 4.53. The van der Waals surface area contributed by atoms with Crippen LogP contribution in [0.5, 0.6) is 5.75 Å². The van der Waals surface area contributed by atoms with Gasteiger partial charge in [-0.15, -0.1) is 0 Å². The summed E-state index contributed by atoms with van der Waals surface area (Å²) >= 11 is 0. The van der Waals surface area contributed by atoms with Gasteiger partial charge in [-0.1, -0.05) is 38.1 Å². The van der Waals surface area contributed by atoms with Crippen LogP contribution < -0.4 is 10.1 Å². The van der Waals surface area contributed by atoms with Gasteiger partial charge in [0.15, 0.2) is 12.3 Å². The van der Waals surface area contributed by atoms with Crippen LogP contribution >= 0.6 is 0 Å². The van der Waals surface area contributed by atoms with E-state index in [4.69, 9.17) is 9.37 Å². The lowest BCUT2D eigenvalue weighted by atomic mass is 9.98. The standard InChI is InChI=1S/C21H23N3O3/c1-4-15-9-10-16(5-2)18(12-15)20-21(24-27-23-20)22-19(25)13-26-17-8-6-7-14(3)11-17/h6-12H,4-5,13H2,1-3H3,(H,22,24,25). The fourth-order valence-electron chi connectivity index (χ4n) is 2.84. The van der Waals surface area contributed by atoms with Crippen molar-refractivity contribution in [1.29, 1.82) is 0 Å². The number of hydrogen-bond donors (Lipinski definition) is 1. The lowest BCUT2D eigenvalue weighted by Crippen LogP contribution is -2.20. The van der Waals surface area contributed by atoms with E-state index < -0.39 is 0 Å². The lowest BCUT2D eigenvalue weighted by molar-refractivity contribution is -0.118. The zero-order chi connectivity index (χ0) is 19.2. The van der Waals surface area contributed by atoms with Crippen LogP contribution in [0.2, 0.25) is 0 Å². The highest BCUT2D eigenvalue weighted by atomic mass is 16.6. The monoisotopic (exact) mass is 365 g/mol. The molecular formula is C21H23N3O3. The van der Waals surface area contributed by atoms with Gasteiger partial charge in [0.05, 0.1) is 0 Å². The number of ether oxygens (including phenoxy) is 1. The molecule has 0 saturated heterocycles. The fraction of sp³-hybridized carbons (Fsp3) is 0.286. The van der Waals surface area contributed by atoms with E-state index in [1.807, 2.05) is 31.2 Å². The highest BCUT2D eigenvalue weighted by molar-refractivity contribution is 5.94. The number of hydrogen-bond acceptors (Lipinski definition) is 5. The van der Waals surface area contributed by atoms with Crippen LogP contribution in [-0.2, 0) is 17.6 Å². The first-order chi connectivity index (χ1) is 13.1. The van der Waals surface area contributed by atoms with Crippen molar-refractivity contribution >= 4 is 11.7 Å². The van der Waals surface area contributed by atoms with Gasteiger partial charge in [-0.3, -0.25) is 4.79 Å². The average molecular weight is 365 g/mol. The Morgan fingerprint density at radius 3 is 2.70 bits per heavy atom. The number of anilines is 1. The molecule has 0 bridgehead atoms. The van der Waals surface area contributed by atoms with E-state index in [-0.39, 0.29) is 12.5 Å². The van der Waals surface area contributed by atoms with Crippen LogP contribution in [0.4, 0.5) is 5.82 Å². The van der Waals surface area contributed by atoms with E-state index >= 15 is 0 Å². The summed E-state index contributed by atoms with van der Waals surface area (Å²) in [5.74, 6) is 0.626. The molecule has 0 aliphatic carbocycles. The molecule has 140 valence electrons. The lowest BCUT2D eigenvalue weighted by Gasteiger charge is -2.09. The van der Waals surface area contributed by atoms with Crippen LogP contribution in [0, 0.1) is 6.92 Å². The molecule has 3 rings (SSSR count). The topological polar surface area (TPSA) is 77.3 Å². The third-order valence-corrected chi connectivity index (χ3v) is 4.32. The predicted octanol–water partition coefficient (Wildman–Crippen LogP) is 4.19. The summed E-state index contributed by atoms with van der Waals surface area (Å²) in [6, 6.07) is 13.8. The van der Waals surface area contributed by atoms with Gasteiger partial charge in [-0.25, -0.2) is 4.63 Å². The minimum Gasteiger partial charge on any atom is -0.484 e. The van der Waals surface area contributed by atoms with Gasteiger partial charge in [0, 0.05) is 5.56 Å². The maximum absolute atomic E-state index is 12.3. The molecule has 1 N–H and O–H groups in total. The van der Waals surface area contributed by atoms with Gasteiger partial charge in [0.2, 0.25) is 5.82 Å². The van der Waals surface area contributed by atoms with Crippen molar-refractivity contribution < 1.29 is 14.2 Å². The van der Waals surface area contributed by atoms with E-state index in [1.54, 1.807) is 0 Å². The number of nitrogens with one attached hydrogen (secondary N) is 1. The van der Waals surface area contributed by atoms with Crippen molar-refractivity contribution in [2.24, 2.45) is 0 Å². The van der Waals surface area contributed by atoms with Gasteiger partial charge < -0.3 is 10.1 Å². The Morgan fingerprint density at radius 2 is 1.96 bits per heavy atom. The van der Waals surface area contributed by atoms with Gasteiger partial charge in [-0.05, 0) is 65.0 Å². The Labute approximate surface area is 158 Å². The summed E-state index contributed by atoms with van der Waals surface area (Å²) in [6.07, 6.45) is 1.75. The summed E-state index contributed by atoms with van der Waals surface area (Å²) in [5.41, 5.74) is 4.83. The molecule has 0 fully saturated rings. The normalized spacial score (nSPS) is 10.6. The van der Waals surface area contributed by atoms with E-state index in [2.05, 4.69) is 47.7 Å². The molecule has 0 spiro atoms. The largest absolute Gasteiger partial charge is 0.484 e. The molecule has 1 amide bonds. The van der Waals surface area contributed by atoms with Crippen LogP contribution in [0.3, 0.4) is 0 Å². The quantitative estimate of drug-likeness (QED) is 0.679. The minimum absolute atomic E-state index is 0.120. The van der Waals surface area contributed by atoms with Crippen LogP contribution in [0.1, 0.15) is 30.5 Å². The molecule has 0 atom stereocenters. The molecule has 1 aromatic heterocycles. The number of rotatable bonds is 7. The molecule has 3 aromatic rings. The van der Waals surface area contributed by atoms with Crippen LogP contribution in [-0.4, -0.2) is 22.8 Å². The molecule has 0 aliphatic heterocycles. The first kappa shape index (κ1) is 18.6. The number of carbonyl (C=O) groups excluding carboxylic acids is 1. The average Bonchev–Trinajstić information content (AvgIpc) is 3.13. The van der Waals surface area contributed by atoms with E-state index in [0.717, 1.165) is 29.5 Å². The highest BCUT2D eigenvalue weighted by Gasteiger charge is 2.18. The number of nitrogens with zero attached hydrogens (tertiary/aromatic N) is 2. The SMILES string of the molecule is CCc1ccc(CC)c(-c2nonc2NC(=O)COc2cccc(C)c2)c1. The third-order valence-electron chi connectivity index (χ3n) is 4.32. The maximum Gasteiger partial charge on any atom is 0.263 e. The van der Waals surface area contributed by atoms with Crippen molar-refractivity contribution in [3.63, 3.8) is 0 Å². The Morgan fingerprint density at radius 1 is 1.11 bits per heavy atom. The fourth-order valence-corrected chi connectivity index (χ4v) is 2.84. The summed E-state index contributed by atoms with van der Waals surface area (Å²) in [6.45, 7) is 6.02. The summed E-state index contributed by atoms with van der Waals surface area (Å²) in [5, 5.41) is 10.6. The van der Waals surface area contributed by atoms with Gasteiger partial charge >= 0.3 is 0 Å². The molecule has 0 unspecified atom stereocenters. The summed E-state index contributed by atoms with van der Waals surface area (Å²) in [7, 11) is 0. The Bertz CT molecular complexity index is 934. The Kier molecular flexibility index (Phi) is 5.86. The molecule has 0 saturated carbocycles. The predicted molar refractivity (Wildman–Crippen MR) is 104 cm³/mol. The van der Waals surface area contributed by atoms with Gasteiger partial charge in [0.1, 0.15) is 5.75 Å². The molecule has 6 nitrogen and oxygen atoms in total. The minimum atomic E-state index is -0.321. The second-order valence-corrected chi connectivity index (χ2v) is 6.31. The van der Waals surface area contributed by atoms with Gasteiger partial charge in [0.25, 0.3) is 5.91 Å². The smallest absolute Gasteiger partial charge is 0.263 e. The summed E-state index contributed by atoms with van der Waals surface area (Å²) in [4.78, 5) is 12.3. The summed E-state index contributed by atoms with van der Waals surface area (Å²) < 4.78 is 10.4. The van der Waals surface area contributed by atoms with Crippen LogP contribution in [0.25, 0.3) is 11.3 Å². The molecule has 27 heavy (non-hydrogen) atoms. The Hall–Kier alpha value is -3.15. The molecule has 2 aromatic carbocycles. The molecular weight excluding hydrogens is 342 g/mol. The molecule has 6 heteroatoms. The van der Waals surface area contributed by atoms with Gasteiger partial charge in [-0.2, -0.15) is 0 Å². The van der Waals surface area contributed by atoms with Crippen molar-refractivity contribution in [3.05, 3.63) is 59.2 Å².